The first-order valence-corrected chi connectivity index (χ1v) is 6.98. The maximum atomic E-state index is 11.9. The molecule has 2 unspecified atom stereocenters. The Morgan fingerprint density at radius 2 is 2.06 bits per heavy atom. The molecule has 0 spiro atoms. The number of carbonyl (C=O) groups is 1. The summed E-state index contributed by atoms with van der Waals surface area (Å²) < 4.78 is 5.68. The normalized spacial score (nSPS) is 24.9. The second-order valence-corrected chi connectivity index (χ2v) is 6.33. The number of nitrogens with one attached hydrogen (secondary N) is 2. The number of ether oxygens (including phenoxy) is 1. The second-order valence-electron chi connectivity index (χ2n) is 6.33. The van der Waals surface area contributed by atoms with Gasteiger partial charge in [-0.05, 0) is 39.5 Å². The third-order valence-electron chi connectivity index (χ3n) is 3.26. The first-order chi connectivity index (χ1) is 8.30. The van der Waals surface area contributed by atoms with E-state index in [4.69, 9.17) is 4.74 Å². The van der Waals surface area contributed by atoms with Crippen molar-refractivity contribution in [2.24, 2.45) is 5.92 Å². The minimum Gasteiger partial charge on any atom is -0.375 e. The maximum absolute atomic E-state index is 11.9. The summed E-state index contributed by atoms with van der Waals surface area (Å²) in [5, 5.41) is 6.37. The fraction of sp³-hybridized carbons (Fsp3) is 0.929. The summed E-state index contributed by atoms with van der Waals surface area (Å²) in [4.78, 5) is 11.9. The van der Waals surface area contributed by atoms with Crippen LogP contribution in [0.2, 0.25) is 0 Å². The summed E-state index contributed by atoms with van der Waals surface area (Å²) in [6, 6.07) is 0.233. The lowest BCUT2D eigenvalue weighted by Gasteiger charge is -2.37. The smallest absolute Gasteiger partial charge is 0.236 e. The number of amides is 1. The van der Waals surface area contributed by atoms with Crippen LogP contribution in [0.15, 0.2) is 0 Å². The lowest BCUT2D eigenvalue weighted by Crippen LogP contribution is -2.51. The van der Waals surface area contributed by atoms with Crippen LogP contribution >= 0.6 is 0 Å². The van der Waals surface area contributed by atoms with Crippen molar-refractivity contribution in [2.75, 3.05) is 13.2 Å². The van der Waals surface area contributed by atoms with Gasteiger partial charge in [0.1, 0.15) is 0 Å². The average Bonchev–Trinajstić information content (AvgIpc) is 2.24. The SMILES string of the molecule is CC(C)CNC(=O)C(C)NC1CCOC(C)(C)C1. The monoisotopic (exact) mass is 256 g/mol. The van der Waals surface area contributed by atoms with Gasteiger partial charge in [0.05, 0.1) is 11.6 Å². The van der Waals surface area contributed by atoms with Crippen LogP contribution in [0.25, 0.3) is 0 Å². The van der Waals surface area contributed by atoms with Gasteiger partial charge in [-0.15, -0.1) is 0 Å². The number of hydrogen-bond acceptors (Lipinski definition) is 3. The second kappa shape index (κ2) is 6.53. The van der Waals surface area contributed by atoms with Crippen molar-refractivity contribution in [1.82, 2.24) is 10.6 Å². The topological polar surface area (TPSA) is 50.4 Å². The fourth-order valence-corrected chi connectivity index (χ4v) is 2.26. The third-order valence-corrected chi connectivity index (χ3v) is 3.26. The van der Waals surface area contributed by atoms with Gasteiger partial charge in [0.15, 0.2) is 0 Å². The Kier molecular flexibility index (Phi) is 5.60. The Morgan fingerprint density at radius 1 is 1.39 bits per heavy atom. The molecular formula is C14H28N2O2. The Morgan fingerprint density at radius 3 is 2.61 bits per heavy atom. The molecule has 1 rings (SSSR count). The quantitative estimate of drug-likeness (QED) is 0.787. The summed E-state index contributed by atoms with van der Waals surface area (Å²) in [5.41, 5.74) is -0.0793. The van der Waals surface area contributed by atoms with Crippen LogP contribution in [0.5, 0.6) is 0 Å². The van der Waals surface area contributed by atoms with E-state index in [9.17, 15) is 4.79 Å². The van der Waals surface area contributed by atoms with E-state index in [0.717, 1.165) is 26.0 Å². The predicted octanol–water partition coefficient (Wildman–Crippen LogP) is 1.69. The molecule has 4 nitrogen and oxygen atoms in total. The fourth-order valence-electron chi connectivity index (χ4n) is 2.26. The highest BCUT2D eigenvalue weighted by Crippen LogP contribution is 2.24. The summed E-state index contributed by atoms with van der Waals surface area (Å²) >= 11 is 0. The van der Waals surface area contributed by atoms with E-state index < -0.39 is 0 Å². The van der Waals surface area contributed by atoms with E-state index in [0.29, 0.717) is 12.0 Å². The van der Waals surface area contributed by atoms with Crippen molar-refractivity contribution >= 4 is 5.91 Å². The summed E-state index contributed by atoms with van der Waals surface area (Å²) in [6.07, 6.45) is 1.93. The molecule has 1 aliphatic heterocycles. The van der Waals surface area contributed by atoms with Gasteiger partial charge in [0.2, 0.25) is 5.91 Å². The summed E-state index contributed by atoms with van der Waals surface area (Å²) in [6.45, 7) is 11.8. The minimum atomic E-state index is -0.136. The number of hydrogen-bond donors (Lipinski definition) is 2. The number of rotatable bonds is 5. The Hall–Kier alpha value is -0.610. The molecule has 0 radical (unpaired) electrons. The molecule has 18 heavy (non-hydrogen) atoms. The zero-order valence-electron chi connectivity index (χ0n) is 12.4. The highest BCUT2D eigenvalue weighted by atomic mass is 16.5. The van der Waals surface area contributed by atoms with E-state index >= 15 is 0 Å². The molecule has 1 amide bonds. The highest BCUT2D eigenvalue weighted by molar-refractivity contribution is 5.81. The molecule has 106 valence electrons. The molecule has 1 heterocycles. The Balaban J connectivity index is 2.34. The Bertz CT molecular complexity index is 277. The van der Waals surface area contributed by atoms with Crippen molar-refractivity contribution < 1.29 is 9.53 Å². The molecule has 0 aromatic carbocycles. The van der Waals surface area contributed by atoms with Crippen molar-refractivity contribution in [3.05, 3.63) is 0 Å². The van der Waals surface area contributed by atoms with Gasteiger partial charge in [0.25, 0.3) is 0 Å². The maximum Gasteiger partial charge on any atom is 0.236 e. The van der Waals surface area contributed by atoms with Crippen LogP contribution in [-0.2, 0) is 9.53 Å². The van der Waals surface area contributed by atoms with E-state index in [-0.39, 0.29) is 17.6 Å². The van der Waals surface area contributed by atoms with Gasteiger partial charge in [0, 0.05) is 19.2 Å². The van der Waals surface area contributed by atoms with E-state index in [1.165, 1.54) is 0 Å². The third kappa shape index (κ3) is 5.36. The van der Waals surface area contributed by atoms with Gasteiger partial charge in [-0.1, -0.05) is 13.8 Å². The molecule has 0 saturated carbocycles. The molecule has 2 atom stereocenters. The molecule has 0 aromatic rings. The largest absolute Gasteiger partial charge is 0.375 e. The van der Waals surface area contributed by atoms with Gasteiger partial charge in [-0.3, -0.25) is 4.79 Å². The predicted molar refractivity (Wildman–Crippen MR) is 73.5 cm³/mol. The summed E-state index contributed by atoms with van der Waals surface area (Å²) in [7, 11) is 0. The lowest BCUT2D eigenvalue weighted by molar-refractivity contribution is -0.123. The van der Waals surface area contributed by atoms with E-state index in [1.54, 1.807) is 0 Å². The van der Waals surface area contributed by atoms with Gasteiger partial charge >= 0.3 is 0 Å². The van der Waals surface area contributed by atoms with Gasteiger partial charge < -0.3 is 15.4 Å². The Labute approximate surface area is 111 Å². The molecule has 4 heteroatoms. The van der Waals surface area contributed by atoms with E-state index in [1.807, 2.05) is 6.92 Å². The number of carbonyl (C=O) groups excluding carboxylic acids is 1. The van der Waals surface area contributed by atoms with Crippen molar-refractivity contribution in [2.45, 2.75) is 65.1 Å². The van der Waals surface area contributed by atoms with Crippen LogP contribution in [0.4, 0.5) is 0 Å². The van der Waals surface area contributed by atoms with Gasteiger partial charge in [-0.25, -0.2) is 0 Å². The van der Waals surface area contributed by atoms with Crippen LogP contribution in [0, 0.1) is 5.92 Å². The van der Waals surface area contributed by atoms with Crippen molar-refractivity contribution in [3.8, 4) is 0 Å². The highest BCUT2D eigenvalue weighted by Gasteiger charge is 2.30. The zero-order valence-corrected chi connectivity index (χ0v) is 12.4. The van der Waals surface area contributed by atoms with Gasteiger partial charge in [-0.2, -0.15) is 0 Å². The van der Waals surface area contributed by atoms with Crippen LogP contribution in [0.1, 0.15) is 47.5 Å². The molecule has 1 saturated heterocycles. The van der Waals surface area contributed by atoms with Crippen molar-refractivity contribution in [1.29, 1.82) is 0 Å². The minimum absolute atomic E-state index is 0.0793. The zero-order chi connectivity index (χ0) is 13.8. The standard InChI is InChI=1S/C14H28N2O2/c1-10(2)9-15-13(17)11(3)16-12-6-7-18-14(4,5)8-12/h10-12,16H,6-9H2,1-5H3,(H,15,17). The molecule has 1 aliphatic rings. The molecular weight excluding hydrogens is 228 g/mol. The molecule has 1 fully saturated rings. The summed E-state index contributed by atoms with van der Waals surface area (Å²) in [5.74, 6) is 0.580. The molecule has 0 aromatic heterocycles. The van der Waals surface area contributed by atoms with Crippen LogP contribution < -0.4 is 10.6 Å². The molecule has 0 bridgehead atoms. The van der Waals surface area contributed by atoms with Crippen molar-refractivity contribution in [3.63, 3.8) is 0 Å². The van der Waals surface area contributed by atoms with Crippen LogP contribution in [0.3, 0.4) is 0 Å². The lowest BCUT2D eigenvalue weighted by atomic mass is 9.93. The van der Waals surface area contributed by atoms with Crippen LogP contribution in [-0.4, -0.2) is 36.7 Å². The van der Waals surface area contributed by atoms with E-state index in [2.05, 4.69) is 38.3 Å². The average molecular weight is 256 g/mol. The molecule has 0 aliphatic carbocycles. The first kappa shape index (κ1) is 15.4. The molecule has 2 N–H and O–H groups in total. The first-order valence-electron chi connectivity index (χ1n) is 6.98.